The maximum atomic E-state index is 10.8. The van der Waals surface area contributed by atoms with E-state index >= 15 is 0 Å². The second-order valence-corrected chi connectivity index (χ2v) is 4.06. The summed E-state index contributed by atoms with van der Waals surface area (Å²) in [6.45, 7) is 1.44. The van der Waals surface area contributed by atoms with E-state index in [9.17, 15) is 10.1 Å². The number of anilines is 2. The van der Waals surface area contributed by atoms with Crippen LogP contribution in [0.4, 0.5) is 17.3 Å². The predicted octanol–water partition coefficient (Wildman–Crippen LogP) is 0.500. The van der Waals surface area contributed by atoms with Crippen LogP contribution in [0.15, 0.2) is 12.1 Å². The molecule has 1 unspecified atom stereocenters. The fourth-order valence-electron chi connectivity index (χ4n) is 1.97. The third-order valence-corrected chi connectivity index (χ3v) is 2.96. The second kappa shape index (κ2) is 5.15. The number of methoxy groups -OCH3 is 1. The first kappa shape index (κ1) is 12.5. The van der Waals surface area contributed by atoms with Gasteiger partial charge in [0.25, 0.3) is 5.69 Å². The highest BCUT2D eigenvalue weighted by atomic mass is 16.6. The lowest BCUT2D eigenvalue weighted by Crippen LogP contribution is -2.23. The Kier molecular flexibility index (Phi) is 3.58. The summed E-state index contributed by atoms with van der Waals surface area (Å²) < 4.78 is 5.25. The van der Waals surface area contributed by atoms with E-state index in [-0.39, 0.29) is 17.6 Å². The Hall–Kier alpha value is -1.93. The highest BCUT2D eigenvalue weighted by molar-refractivity contribution is 5.56. The highest BCUT2D eigenvalue weighted by Gasteiger charge is 2.25. The lowest BCUT2D eigenvalue weighted by Gasteiger charge is -2.17. The van der Waals surface area contributed by atoms with Crippen LogP contribution in [-0.4, -0.2) is 36.2 Å². The molecule has 8 nitrogen and oxygen atoms in total. The van der Waals surface area contributed by atoms with Gasteiger partial charge in [0.15, 0.2) is 0 Å². The van der Waals surface area contributed by atoms with E-state index < -0.39 is 4.92 Å². The summed E-state index contributed by atoms with van der Waals surface area (Å²) >= 11 is 0. The van der Waals surface area contributed by atoms with Gasteiger partial charge >= 0.3 is 0 Å². The fourth-order valence-corrected chi connectivity index (χ4v) is 1.97. The van der Waals surface area contributed by atoms with Crippen molar-refractivity contribution in [3.05, 3.63) is 22.2 Å². The molecule has 3 N–H and O–H groups in total. The van der Waals surface area contributed by atoms with Gasteiger partial charge < -0.3 is 15.1 Å². The van der Waals surface area contributed by atoms with Gasteiger partial charge in [-0.25, -0.2) is 10.8 Å². The molecule has 1 aromatic rings. The van der Waals surface area contributed by atoms with E-state index in [4.69, 9.17) is 10.6 Å². The summed E-state index contributed by atoms with van der Waals surface area (Å²) in [5.74, 6) is 6.08. The van der Waals surface area contributed by atoms with Gasteiger partial charge in [-0.15, -0.1) is 0 Å². The number of nitrogens with zero attached hydrogens (tertiary/aromatic N) is 3. The maximum Gasteiger partial charge on any atom is 0.276 e. The van der Waals surface area contributed by atoms with Crippen LogP contribution in [0.5, 0.6) is 0 Å². The van der Waals surface area contributed by atoms with Crippen LogP contribution >= 0.6 is 0 Å². The van der Waals surface area contributed by atoms with Crippen molar-refractivity contribution in [1.82, 2.24) is 4.98 Å². The molecule has 1 aromatic heterocycles. The highest BCUT2D eigenvalue weighted by Crippen LogP contribution is 2.26. The fraction of sp³-hybridized carbons (Fsp3) is 0.500. The first-order chi connectivity index (χ1) is 8.63. The van der Waals surface area contributed by atoms with Crippen LogP contribution < -0.4 is 16.2 Å². The van der Waals surface area contributed by atoms with Crippen molar-refractivity contribution < 1.29 is 9.66 Å². The van der Waals surface area contributed by atoms with E-state index in [1.165, 1.54) is 12.1 Å². The Morgan fingerprint density at radius 3 is 3.00 bits per heavy atom. The quantitative estimate of drug-likeness (QED) is 0.457. The molecule has 1 aliphatic rings. The lowest BCUT2D eigenvalue weighted by atomic mass is 10.3. The van der Waals surface area contributed by atoms with Crippen LogP contribution in [0.1, 0.15) is 6.42 Å². The number of nitro groups is 1. The minimum atomic E-state index is -0.462. The monoisotopic (exact) mass is 253 g/mol. The molecule has 0 amide bonds. The van der Waals surface area contributed by atoms with Gasteiger partial charge in [0, 0.05) is 20.2 Å². The average molecular weight is 253 g/mol. The van der Waals surface area contributed by atoms with Crippen molar-refractivity contribution in [2.75, 3.05) is 30.5 Å². The van der Waals surface area contributed by atoms with Gasteiger partial charge in [0.05, 0.1) is 23.2 Å². The topological polar surface area (TPSA) is 107 Å². The van der Waals surface area contributed by atoms with Crippen molar-refractivity contribution in [3.8, 4) is 0 Å². The Labute approximate surface area is 104 Å². The number of rotatable bonds is 4. The number of aromatic nitrogens is 1. The van der Waals surface area contributed by atoms with E-state index in [0.29, 0.717) is 12.4 Å². The van der Waals surface area contributed by atoms with Crippen LogP contribution in [0.3, 0.4) is 0 Å². The Morgan fingerprint density at radius 1 is 1.67 bits per heavy atom. The summed E-state index contributed by atoms with van der Waals surface area (Å²) in [5.41, 5.74) is 2.30. The summed E-state index contributed by atoms with van der Waals surface area (Å²) in [6.07, 6.45) is 1.02. The Bertz CT molecular complexity index is 453. The van der Waals surface area contributed by atoms with Crippen molar-refractivity contribution in [2.24, 2.45) is 5.84 Å². The normalized spacial score (nSPS) is 19.0. The molecular weight excluding hydrogens is 238 g/mol. The van der Waals surface area contributed by atoms with Crippen LogP contribution in [0.2, 0.25) is 0 Å². The number of hydrogen-bond acceptors (Lipinski definition) is 7. The predicted molar refractivity (Wildman–Crippen MR) is 66.3 cm³/mol. The Morgan fingerprint density at radius 2 is 2.44 bits per heavy atom. The second-order valence-electron chi connectivity index (χ2n) is 4.06. The van der Waals surface area contributed by atoms with Crippen molar-refractivity contribution >= 4 is 17.3 Å². The molecule has 2 heterocycles. The van der Waals surface area contributed by atoms with Gasteiger partial charge in [0.2, 0.25) is 0 Å². The van der Waals surface area contributed by atoms with Gasteiger partial charge in [-0.05, 0) is 6.42 Å². The van der Waals surface area contributed by atoms with E-state index in [2.05, 4.69) is 10.4 Å². The summed E-state index contributed by atoms with van der Waals surface area (Å²) in [5, 5.41) is 10.8. The summed E-state index contributed by atoms with van der Waals surface area (Å²) in [6, 6.07) is 2.74. The average Bonchev–Trinajstić information content (AvgIpc) is 2.86. The smallest absolute Gasteiger partial charge is 0.276 e. The van der Waals surface area contributed by atoms with Crippen molar-refractivity contribution in [3.63, 3.8) is 0 Å². The van der Waals surface area contributed by atoms with Crippen LogP contribution in [0, 0.1) is 10.1 Å². The molecule has 1 saturated heterocycles. The standard InChI is InChI=1S/C10H15N5O3/c1-18-8-2-3-14(6-8)10-5-7(15(16)17)4-9(12-10)13-11/h4-5,8H,2-3,6,11H2,1H3,(H,12,13). The third-order valence-electron chi connectivity index (χ3n) is 2.96. The van der Waals surface area contributed by atoms with Crippen LogP contribution in [-0.2, 0) is 4.74 Å². The minimum Gasteiger partial charge on any atom is -0.380 e. The van der Waals surface area contributed by atoms with Crippen molar-refractivity contribution in [1.29, 1.82) is 0 Å². The van der Waals surface area contributed by atoms with Gasteiger partial charge in [0.1, 0.15) is 11.6 Å². The molecule has 0 aliphatic carbocycles. The first-order valence-corrected chi connectivity index (χ1v) is 5.55. The summed E-state index contributed by atoms with van der Waals surface area (Å²) in [4.78, 5) is 16.5. The zero-order valence-electron chi connectivity index (χ0n) is 10.00. The third kappa shape index (κ3) is 2.49. The number of hydrazine groups is 1. The van der Waals surface area contributed by atoms with Crippen LogP contribution in [0.25, 0.3) is 0 Å². The molecule has 0 saturated carbocycles. The van der Waals surface area contributed by atoms with Gasteiger partial charge in [-0.3, -0.25) is 10.1 Å². The zero-order chi connectivity index (χ0) is 13.1. The van der Waals surface area contributed by atoms with Gasteiger partial charge in [-0.2, -0.15) is 0 Å². The van der Waals surface area contributed by atoms with Crippen molar-refractivity contribution in [2.45, 2.75) is 12.5 Å². The molecule has 1 fully saturated rings. The number of hydrogen-bond donors (Lipinski definition) is 2. The molecule has 1 atom stereocenters. The molecule has 18 heavy (non-hydrogen) atoms. The Balaban J connectivity index is 2.27. The number of nitrogens with one attached hydrogen (secondary N) is 1. The largest absolute Gasteiger partial charge is 0.380 e. The molecule has 2 rings (SSSR count). The number of ether oxygens (including phenoxy) is 1. The summed E-state index contributed by atoms with van der Waals surface area (Å²) in [7, 11) is 1.65. The lowest BCUT2D eigenvalue weighted by molar-refractivity contribution is -0.384. The van der Waals surface area contributed by atoms with E-state index in [1.807, 2.05) is 4.90 Å². The molecule has 98 valence electrons. The minimum absolute atomic E-state index is 0.0335. The molecular formula is C10H15N5O3. The number of nitrogens with two attached hydrogens (primary N) is 1. The molecule has 8 heteroatoms. The van der Waals surface area contributed by atoms with E-state index in [1.54, 1.807) is 7.11 Å². The zero-order valence-corrected chi connectivity index (χ0v) is 10.00. The molecule has 1 aliphatic heterocycles. The maximum absolute atomic E-state index is 10.8. The molecule has 0 bridgehead atoms. The number of pyridine rings is 1. The number of nitrogen functional groups attached to an aromatic ring is 1. The molecule has 0 spiro atoms. The van der Waals surface area contributed by atoms with E-state index in [0.717, 1.165) is 13.0 Å². The SMILES string of the molecule is COC1CCN(c2cc([N+](=O)[O-])cc(NN)n2)C1. The first-order valence-electron chi connectivity index (χ1n) is 5.55. The van der Waals surface area contributed by atoms with Gasteiger partial charge in [-0.1, -0.05) is 0 Å². The molecule has 0 aromatic carbocycles. The molecule has 0 radical (unpaired) electrons.